The minimum atomic E-state index is -0.860. The van der Waals surface area contributed by atoms with Crippen LogP contribution in [0.15, 0.2) is 0 Å². The van der Waals surface area contributed by atoms with Crippen LogP contribution in [0, 0.1) is 0 Å². The second-order valence-electron chi connectivity index (χ2n) is 2.74. The first-order valence-corrected chi connectivity index (χ1v) is 3.20. The van der Waals surface area contributed by atoms with Crippen molar-refractivity contribution in [2.45, 2.75) is 38.2 Å². The van der Waals surface area contributed by atoms with Crippen molar-refractivity contribution in [1.29, 1.82) is 0 Å². The van der Waals surface area contributed by atoms with Crippen LogP contribution in [0.25, 0.3) is 0 Å². The number of hydrogen-bond donors (Lipinski definition) is 0. The summed E-state index contributed by atoms with van der Waals surface area (Å²) >= 11 is 5.56. The van der Waals surface area contributed by atoms with Crippen LogP contribution in [0.5, 0.6) is 0 Å². The summed E-state index contributed by atoms with van der Waals surface area (Å²) in [7, 11) is 0. The summed E-state index contributed by atoms with van der Waals surface area (Å²) in [5.41, 5.74) is -0.860. The standard InChI is InChI=1S/C6H12ClO/c1-5(7)4-6(2,3)8/h5H,4H2,1-3H3. The lowest BCUT2D eigenvalue weighted by molar-refractivity contribution is -0.00272. The quantitative estimate of drug-likeness (QED) is 0.518. The van der Waals surface area contributed by atoms with Gasteiger partial charge in [-0.05, 0) is 27.2 Å². The molecule has 2 heteroatoms. The molecule has 1 nitrogen and oxygen atoms in total. The van der Waals surface area contributed by atoms with E-state index in [-0.39, 0.29) is 5.38 Å². The fraction of sp³-hybridized carbons (Fsp3) is 1.00. The maximum absolute atomic E-state index is 10.8. The first kappa shape index (κ1) is 8.25. The zero-order valence-electron chi connectivity index (χ0n) is 5.57. The van der Waals surface area contributed by atoms with E-state index in [1.165, 1.54) is 0 Å². The molecule has 0 rings (SSSR count). The Balaban J connectivity index is 3.39. The molecule has 0 spiro atoms. The van der Waals surface area contributed by atoms with Crippen molar-refractivity contribution in [3.8, 4) is 0 Å². The average molecular weight is 136 g/mol. The van der Waals surface area contributed by atoms with Crippen LogP contribution in [0.3, 0.4) is 0 Å². The molecule has 1 radical (unpaired) electrons. The molecule has 0 bridgehead atoms. The highest BCUT2D eigenvalue weighted by Crippen LogP contribution is 2.14. The average Bonchev–Trinajstić information content (AvgIpc) is 1.21. The molecule has 0 heterocycles. The molecule has 1 atom stereocenters. The van der Waals surface area contributed by atoms with Gasteiger partial charge < -0.3 is 0 Å². The van der Waals surface area contributed by atoms with Crippen LogP contribution in [0.4, 0.5) is 0 Å². The first-order chi connectivity index (χ1) is 3.42. The Morgan fingerprint density at radius 3 is 2.00 bits per heavy atom. The molecule has 0 aromatic carbocycles. The van der Waals surface area contributed by atoms with Crippen molar-refractivity contribution < 1.29 is 5.11 Å². The monoisotopic (exact) mass is 135 g/mol. The molecule has 0 aliphatic heterocycles. The molecule has 0 fully saturated rings. The van der Waals surface area contributed by atoms with Crippen LogP contribution >= 0.6 is 11.6 Å². The van der Waals surface area contributed by atoms with Gasteiger partial charge in [0.15, 0.2) is 0 Å². The van der Waals surface area contributed by atoms with Crippen LogP contribution in [0.2, 0.25) is 0 Å². The van der Waals surface area contributed by atoms with E-state index in [1.807, 2.05) is 6.92 Å². The summed E-state index contributed by atoms with van der Waals surface area (Å²) in [5.74, 6) is 0. The Bertz CT molecular complexity index is 63.4. The SMILES string of the molecule is CC(Cl)CC(C)(C)[O]. The van der Waals surface area contributed by atoms with Gasteiger partial charge in [0.25, 0.3) is 0 Å². The van der Waals surface area contributed by atoms with Gasteiger partial charge in [-0.3, -0.25) is 0 Å². The van der Waals surface area contributed by atoms with Crippen LogP contribution < -0.4 is 0 Å². The molecule has 0 saturated heterocycles. The highest BCUT2D eigenvalue weighted by Gasteiger charge is 2.17. The maximum Gasteiger partial charge on any atom is 0.0994 e. The third-order valence-corrected chi connectivity index (χ3v) is 0.927. The van der Waals surface area contributed by atoms with Gasteiger partial charge in [-0.1, -0.05) is 0 Å². The van der Waals surface area contributed by atoms with E-state index in [9.17, 15) is 5.11 Å². The van der Waals surface area contributed by atoms with Crippen molar-refractivity contribution in [3.63, 3.8) is 0 Å². The molecule has 0 aromatic heterocycles. The second-order valence-corrected chi connectivity index (χ2v) is 3.49. The van der Waals surface area contributed by atoms with Crippen molar-refractivity contribution in [1.82, 2.24) is 0 Å². The number of halogens is 1. The van der Waals surface area contributed by atoms with Gasteiger partial charge in [0.2, 0.25) is 0 Å². The van der Waals surface area contributed by atoms with Crippen LogP contribution in [0.1, 0.15) is 27.2 Å². The topological polar surface area (TPSA) is 19.9 Å². The zero-order valence-corrected chi connectivity index (χ0v) is 6.33. The van der Waals surface area contributed by atoms with E-state index in [2.05, 4.69) is 0 Å². The van der Waals surface area contributed by atoms with Gasteiger partial charge in [0.05, 0.1) is 5.60 Å². The molecule has 0 aromatic rings. The summed E-state index contributed by atoms with van der Waals surface area (Å²) in [6, 6.07) is 0. The molecule has 0 amide bonds. The molecule has 8 heavy (non-hydrogen) atoms. The van der Waals surface area contributed by atoms with Gasteiger partial charge in [-0.25, -0.2) is 5.11 Å². The van der Waals surface area contributed by atoms with E-state index in [0.29, 0.717) is 6.42 Å². The minimum Gasteiger partial charge on any atom is -0.230 e. The second kappa shape index (κ2) is 2.70. The summed E-state index contributed by atoms with van der Waals surface area (Å²) in [6.07, 6.45) is 0.536. The highest BCUT2D eigenvalue weighted by molar-refractivity contribution is 6.20. The van der Waals surface area contributed by atoms with Gasteiger partial charge in [0, 0.05) is 5.38 Å². The molecule has 1 unspecified atom stereocenters. The van der Waals surface area contributed by atoms with Gasteiger partial charge in [0.1, 0.15) is 0 Å². The van der Waals surface area contributed by atoms with Gasteiger partial charge >= 0.3 is 0 Å². The lowest BCUT2D eigenvalue weighted by Gasteiger charge is -2.14. The molecule has 0 saturated carbocycles. The van der Waals surface area contributed by atoms with Crippen molar-refractivity contribution in [3.05, 3.63) is 0 Å². The molecule has 0 aliphatic carbocycles. The molecule has 49 valence electrons. The Morgan fingerprint density at radius 2 is 2.00 bits per heavy atom. The lowest BCUT2D eigenvalue weighted by atomic mass is 10.0. The fourth-order valence-electron chi connectivity index (χ4n) is 0.677. The molecular formula is C6H12ClO. The van der Waals surface area contributed by atoms with Crippen LogP contribution in [-0.2, 0) is 5.11 Å². The van der Waals surface area contributed by atoms with Crippen molar-refractivity contribution in [2.75, 3.05) is 0 Å². The largest absolute Gasteiger partial charge is 0.230 e. The van der Waals surface area contributed by atoms with E-state index < -0.39 is 5.60 Å². The Labute approximate surface area is 55.7 Å². The lowest BCUT2D eigenvalue weighted by Crippen LogP contribution is -2.20. The van der Waals surface area contributed by atoms with Crippen molar-refractivity contribution in [2.24, 2.45) is 0 Å². The first-order valence-electron chi connectivity index (χ1n) is 2.76. The minimum absolute atomic E-state index is 0.00231. The Kier molecular flexibility index (Phi) is 2.78. The molecule has 0 N–H and O–H groups in total. The Hall–Kier alpha value is 0.250. The third-order valence-electron chi connectivity index (χ3n) is 0.773. The maximum atomic E-state index is 10.8. The normalized spacial score (nSPS) is 16.1. The summed E-state index contributed by atoms with van der Waals surface area (Å²) in [4.78, 5) is 0. The summed E-state index contributed by atoms with van der Waals surface area (Å²) in [6.45, 7) is 5.12. The summed E-state index contributed by atoms with van der Waals surface area (Å²) < 4.78 is 0. The third kappa shape index (κ3) is 6.25. The zero-order chi connectivity index (χ0) is 6.78. The smallest absolute Gasteiger partial charge is 0.0994 e. The number of alkyl halides is 1. The molecular weight excluding hydrogens is 124 g/mol. The van der Waals surface area contributed by atoms with E-state index in [4.69, 9.17) is 11.6 Å². The predicted molar refractivity (Wildman–Crippen MR) is 34.7 cm³/mol. The Morgan fingerprint density at radius 1 is 1.62 bits per heavy atom. The van der Waals surface area contributed by atoms with E-state index in [1.54, 1.807) is 13.8 Å². The summed E-state index contributed by atoms with van der Waals surface area (Å²) in [5, 5.41) is 10.8. The highest BCUT2D eigenvalue weighted by atomic mass is 35.5. The predicted octanol–water partition coefficient (Wildman–Crippen LogP) is 2.21. The van der Waals surface area contributed by atoms with Gasteiger partial charge in [-0.2, -0.15) is 0 Å². The van der Waals surface area contributed by atoms with E-state index in [0.717, 1.165) is 0 Å². The number of rotatable bonds is 2. The van der Waals surface area contributed by atoms with E-state index >= 15 is 0 Å². The van der Waals surface area contributed by atoms with Gasteiger partial charge in [-0.15, -0.1) is 11.6 Å². The van der Waals surface area contributed by atoms with Crippen LogP contribution in [-0.4, -0.2) is 11.0 Å². The number of hydrogen-bond acceptors (Lipinski definition) is 0. The van der Waals surface area contributed by atoms with Crippen molar-refractivity contribution >= 4 is 11.6 Å². The molecule has 0 aliphatic rings. The fourth-order valence-corrected chi connectivity index (χ4v) is 1.05.